The fraction of sp³-hybridized carbons (Fsp3) is 0.429. The number of hydrogen-bond acceptors (Lipinski definition) is 3. The summed E-state index contributed by atoms with van der Waals surface area (Å²) in [6.07, 6.45) is 4.67. The van der Waals surface area contributed by atoms with Gasteiger partial charge < -0.3 is 10.6 Å². The van der Waals surface area contributed by atoms with Crippen molar-refractivity contribution in [3.63, 3.8) is 0 Å². The smallest absolute Gasteiger partial charge is 0.290 e. The van der Waals surface area contributed by atoms with Crippen molar-refractivity contribution in [1.29, 1.82) is 0 Å². The second-order valence-electron chi connectivity index (χ2n) is 4.90. The molecule has 1 amide bonds. The number of amides is 1. The highest BCUT2D eigenvalue weighted by atomic mass is 16.2. The average molecular weight is 243 g/mol. The van der Waals surface area contributed by atoms with Crippen molar-refractivity contribution in [3.8, 4) is 0 Å². The molecule has 0 saturated heterocycles. The van der Waals surface area contributed by atoms with Crippen molar-refractivity contribution < 1.29 is 4.79 Å². The number of rotatable bonds is 2. The van der Waals surface area contributed by atoms with Crippen LogP contribution in [0.3, 0.4) is 0 Å². The predicted octanol–water partition coefficient (Wildman–Crippen LogP) is 1.94. The first kappa shape index (κ1) is 11.3. The van der Waals surface area contributed by atoms with Crippen LogP contribution < -0.4 is 10.6 Å². The molecule has 0 spiro atoms. The molecule has 1 aliphatic carbocycles. The van der Waals surface area contributed by atoms with Crippen molar-refractivity contribution in [3.05, 3.63) is 30.3 Å². The number of carbonyl (C=O) groups excluding carboxylic acids is 1. The van der Waals surface area contributed by atoms with Gasteiger partial charge in [-0.3, -0.25) is 9.79 Å². The molecule has 1 aromatic rings. The molecule has 1 saturated carbocycles. The van der Waals surface area contributed by atoms with Crippen LogP contribution in [-0.2, 0) is 4.79 Å². The van der Waals surface area contributed by atoms with E-state index in [1.54, 1.807) is 0 Å². The zero-order chi connectivity index (χ0) is 12.4. The Hall–Kier alpha value is -1.84. The molecule has 2 atom stereocenters. The molecule has 3 rings (SSSR count). The van der Waals surface area contributed by atoms with E-state index in [0.29, 0.717) is 17.9 Å². The summed E-state index contributed by atoms with van der Waals surface area (Å²) in [5.74, 6) is 0.367. The molecule has 2 aliphatic rings. The maximum absolute atomic E-state index is 12.1. The number of nitrogens with zero attached hydrogens (tertiary/aromatic N) is 1. The monoisotopic (exact) mass is 243 g/mol. The summed E-state index contributed by atoms with van der Waals surface area (Å²) in [4.78, 5) is 16.6. The Labute approximate surface area is 106 Å². The van der Waals surface area contributed by atoms with E-state index < -0.39 is 0 Å². The van der Waals surface area contributed by atoms with E-state index in [-0.39, 0.29) is 5.91 Å². The topological polar surface area (TPSA) is 53.5 Å². The van der Waals surface area contributed by atoms with Gasteiger partial charge in [0.1, 0.15) is 0 Å². The Balaban J connectivity index is 1.67. The van der Waals surface area contributed by atoms with Crippen molar-refractivity contribution in [2.75, 3.05) is 5.32 Å². The minimum Gasteiger partial charge on any atom is -0.361 e. The van der Waals surface area contributed by atoms with Crippen LogP contribution in [-0.4, -0.2) is 23.8 Å². The van der Waals surface area contributed by atoms with Gasteiger partial charge in [0.2, 0.25) is 0 Å². The van der Waals surface area contributed by atoms with E-state index in [2.05, 4.69) is 15.6 Å². The van der Waals surface area contributed by atoms with Crippen molar-refractivity contribution in [2.45, 2.75) is 37.8 Å². The Morgan fingerprint density at radius 2 is 2.00 bits per heavy atom. The molecule has 1 aromatic carbocycles. The zero-order valence-electron chi connectivity index (χ0n) is 10.2. The lowest BCUT2D eigenvalue weighted by Crippen LogP contribution is -2.40. The molecular formula is C14H17N3O. The van der Waals surface area contributed by atoms with Gasteiger partial charge in [0, 0.05) is 5.69 Å². The van der Waals surface area contributed by atoms with Crippen molar-refractivity contribution in [1.82, 2.24) is 5.32 Å². The largest absolute Gasteiger partial charge is 0.361 e. The summed E-state index contributed by atoms with van der Waals surface area (Å²) in [5.41, 5.74) is 0.807. The second kappa shape index (κ2) is 4.80. The highest BCUT2D eigenvalue weighted by Gasteiger charge is 2.33. The van der Waals surface area contributed by atoms with Gasteiger partial charge in [-0.2, -0.15) is 0 Å². The summed E-state index contributed by atoms with van der Waals surface area (Å²) in [6, 6.07) is 10.2. The molecule has 0 unspecified atom stereocenters. The van der Waals surface area contributed by atoms with Crippen LogP contribution in [0.5, 0.6) is 0 Å². The SMILES string of the molecule is O=C(Nc1ccccc1)C1=N[C@@H]2CCCC[C@H]2N1. The maximum atomic E-state index is 12.1. The van der Waals surface area contributed by atoms with E-state index in [9.17, 15) is 4.79 Å². The van der Waals surface area contributed by atoms with Gasteiger partial charge in [-0.1, -0.05) is 31.0 Å². The first-order valence-corrected chi connectivity index (χ1v) is 6.54. The number of hydrogen-bond donors (Lipinski definition) is 2. The number of carbonyl (C=O) groups is 1. The molecule has 0 radical (unpaired) electrons. The van der Waals surface area contributed by atoms with Gasteiger partial charge in [-0.25, -0.2) is 0 Å². The highest BCUT2D eigenvalue weighted by Crippen LogP contribution is 2.24. The predicted molar refractivity (Wildman–Crippen MR) is 71.7 cm³/mol. The molecule has 94 valence electrons. The summed E-state index contributed by atoms with van der Waals surface area (Å²) in [6.45, 7) is 0. The van der Waals surface area contributed by atoms with Gasteiger partial charge in [0.25, 0.3) is 5.91 Å². The van der Waals surface area contributed by atoms with Gasteiger partial charge in [-0.15, -0.1) is 0 Å². The summed E-state index contributed by atoms with van der Waals surface area (Å²) in [7, 11) is 0. The van der Waals surface area contributed by atoms with Crippen LogP contribution in [0.4, 0.5) is 5.69 Å². The number of aliphatic imine (C=N–C) groups is 1. The zero-order valence-corrected chi connectivity index (χ0v) is 10.2. The third kappa shape index (κ3) is 2.23. The van der Waals surface area contributed by atoms with Gasteiger partial charge >= 0.3 is 0 Å². The van der Waals surface area contributed by atoms with E-state index in [0.717, 1.165) is 18.5 Å². The van der Waals surface area contributed by atoms with E-state index >= 15 is 0 Å². The minimum absolute atomic E-state index is 0.129. The van der Waals surface area contributed by atoms with Gasteiger partial charge in [0.15, 0.2) is 5.84 Å². The molecule has 2 N–H and O–H groups in total. The summed E-state index contributed by atoms with van der Waals surface area (Å²) >= 11 is 0. The van der Waals surface area contributed by atoms with Crippen LogP contribution in [0.2, 0.25) is 0 Å². The first-order chi connectivity index (χ1) is 8.83. The third-order valence-corrected chi connectivity index (χ3v) is 3.59. The van der Waals surface area contributed by atoms with Crippen LogP contribution in [0, 0.1) is 0 Å². The fourth-order valence-electron chi connectivity index (χ4n) is 2.65. The van der Waals surface area contributed by atoms with Gasteiger partial charge in [0.05, 0.1) is 12.1 Å². The molecule has 18 heavy (non-hydrogen) atoms. The van der Waals surface area contributed by atoms with E-state index in [1.165, 1.54) is 12.8 Å². The lowest BCUT2D eigenvalue weighted by atomic mass is 9.92. The molecule has 0 bridgehead atoms. The molecule has 4 heteroatoms. The van der Waals surface area contributed by atoms with Gasteiger partial charge in [-0.05, 0) is 25.0 Å². The summed E-state index contributed by atoms with van der Waals surface area (Å²) in [5, 5.41) is 6.11. The number of fused-ring (bicyclic) bond motifs is 1. The first-order valence-electron chi connectivity index (χ1n) is 6.54. The molecule has 0 aromatic heterocycles. The number of nitrogens with one attached hydrogen (secondary N) is 2. The minimum atomic E-state index is -0.129. The number of anilines is 1. The molecule has 1 fully saturated rings. The second-order valence-corrected chi connectivity index (χ2v) is 4.90. The number of amidine groups is 1. The fourth-order valence-corrected chi connectivity index (χ4v) is 2.65. The molecular weight excluding hydrogens is 226 g/mol. The Morgan fingerprint density at radius 1 is 1.22 bits per heavy atom. The number of benzene rings is 1. The van der Waals surface area contributed by atoms with Crippen molar-refractivity contribution in [2.24, 2.45) is 4.99 Å². The lowest BCUT2D eigenvalue weighted by Gasteiger charge is -2.23. The van der Waals surface area contributed by atoms with Crippen LogP contribution >= 0.6 is 0 Å². The molecule has 1 aliphatic heterocycles. The summed E-state index contributed by atoms with van der Waals surface area (Å²) < 4.78 is 0. The highest BCUT2D eigenvalue weighted by molar-refractivity contribution is 6.42. The van der Waals surface area contributed by atoms with Crippen LogP contribution in [0.1, 0.15) is 25.7 Å². The molecule has 4 nitrogen and oxygen atoms in total. The van der Waals surface area contributed by atoms with Crippen LogP contribution in [0.15, 0.2) is 35.3 Å². The third-order valence-electron chi connectivity index (χ3n) is 3.59. The van der Waals surface area contributed by atoms with Crippen LogP contribution in [0.25, 0.3) is 0 Å². The van der Waals surface area contributed by atoms with Crippen molar-refractivity contribution >= 4 is 17.4 Å². The maximum Gasteiger partial charge on any atom is 0.290 e. The van der Waals surface area contributed by atoms with E-state index in [4.69, 9.17) is 0 Å². The molecule has 1 heterocycles. The lowest BCUT2D eigenvalue weighted by molar-refractivity contribution is -0.110. The number of para-hydroxylation sites is 1. The van der Waals surface area contributed by atoms with E-state index in [1.807, 2.05) is 30.3 Å². The standard InChI is InChI=1S/C14H17N3O/c18-14(15-10-6-2-1-3-7-10)13-16-11-8-4-5-9-12(11)17-13/h1-3,6-7,11-12H,4-5,8-9H2,(H,15,18)(H,16,17)/t11-,12-/m1/s1. The average Bonchev–Trinajstić information content (AvgIpc) is 2.84. The Bertz CT molecular complexity index is 469. The normalized spacial score (nSPS) is 25.9. The quantitative estimate of drug-likeness (QED) is 0.834. The Kier molecular flexibility index (Phi) is 3.00. The Morgan fingerprint density at radius 3 is 2.78 bits per heavy atom.